The average Bonchev–Trinajstić information content (AvgIpc) is 2.81. The molecule has 21 heavy (non-hydrogen) atoms. The Morgan fingerprint density at radius 2 is 1.71 bits per heavy atom. The third-order valence-corrected chi connectivity index (χ3v) is 3.97. The molecule has 2 heteroatoms. The predicted octanol–water partition coefficient (Wildman–Crippen LogP) is 5.28. The van der Waals surface area contributed by atoms with Crippen LogP contribution in [0.4, 0.5) is 0 Å². The molecule has 0 bridgehead atoms. The van der Waals surface area contributed by atoms with Crippen LogP contribution >= 0.6 is 0 Å². The number of hydrogen-bond acceptors (Lipinski definition) is 2. The highest BCUT2D eigenvalue weighted by atomic mass is 16.3. The lowest BCUT2D eigenvalue weighted by molar-refractivity contribution is 0.321. The maximum atomic E-state index is 5.90. The number of furan rings is 1. The number of fused-ring (bicyclic) bond motifs is 3. The van der Waals surface area contributed by atoms with Crippen LogP contribution < -0.4 is 5.32 Å². The Hall–Kier alpha value is -1.80. The molecule has 1 N–H and O–H groups in total. The zero-order valence-electron chi connectivity index (χ0n) is 13.2. The van der Waals surface area contributed by atoms with E-state index in [2.05, 4.69) is 56.4 Å². The van der Waals surface area contributed by atoms with E-state index in [1.165, 1.54) is 16.3 Å². The van der Waals surface area contributed by atoms with Gasteiger partial charge < -0.3 is 9.73 Å². The molecule has 2 nitrogen and oxygen atoms in total. The summed E-state index contributed by atoms with van der Waals surface area (Å²) in [6, 6.07) is 15.1. The molecular weight excluding hydrogens is 258 g/mol. The van der Waals surface area contributed by atoms with Gasteiger partial charge in [0.2, 0.25) is 0 Å². The van der Waals surface area contributed by atoms with Crippen molar-refractivity contribution < 1.29 is 4.42 Å². The van der Waals surface area contributed by atoms with Crippen molar-refractivity contribution in [3.8, 4) is 0 Å². The predicted molar refractivity (Wildman–Crippen MR) is 89.6 cm³/mol. The first kappa shape index (κ1) is 14.2. The van der Waals surface area contributed by atoms with Gasteiger partial charge in [-0.1, -0.05) is 45.0 Å². The topological polar surface area (TPSA) is 25.2 Å². The first-order chi connectivity index (χ1) is 9.98. The highest BCUT2D eigenvalue weighted by Gasteiger charge is 2.19. The Morgan fingerprint density at radius 3 is 2.43 bits per heavy atom. The largest absolute Gasteiger partial charge is 0.456 e. The van der Waals surface area contributed by atoms with Crippen LogP contribution in [0.1, 0.15) is 38.8 Å². The molecular formula is C19H23NO. The quantitative estimate of drug-likeness (QED) is 0.706. The molecule has 1 aromatic heterocycles. The summed E-state index contributed by atoms with van der Waals surface area (Å²) >= 11 is 0. The van der Waals surface area contributed by atoms with Crippen molar-refractivity contribution in [2.45, 2.75) is 33.2 Å². The van der Waals surface area contributed by atoms with Crippen LogP contribution in [0.5, 0.6) is 0 Å². The van der Waals surface area contributed by atoms with Crippen LogP contribution in [-0.2, 0) is 0 Å². The van der Waals surface area contributed by atoms with E-state index in [9.17, 15) is 0 Å². The molecule has 3 rings (SSSR count). The molecule has 0 saturated heterocycles. The maximum absolute atomic E-state index is 5.90. The van der Waals surface area contributed by atoms with E-state index in [4.69, 9.17) is 4.42 Å². The Morgan fingerprint density at radius 1 is 1.00 bits per heavy atom. The van der Waals surface area contributed by atoms with Gasteiger partial charge >= 0.3 is 0 Å². The molecule has 0 saturated carbocycles. The average molecular weight is 281 g/mol. The minimum Gasteiger partial charge on any atom is -0.456 e. The molecule has 0 amide bonds. The summed E-state index contributed by atoms with van der Waals surface area (Å²) in [5.41, 5.74) is 3.54. The van der Waals surface area contributed by atoms with Crippen LogP contribution in [0.15, 0.2) is 46.9 Å². The van der Waals surface area contributed by atoms with Crippen LogP contribution in [0.3, 0.4) is 0 Å². The lowest BCUT2D eigenvalue weighted by Gasteiger charge is -2.26. The van der Waals surface area contributed by atoms with Gasteiger partial charge in [-0.3, -0.25) is 0 Å². The minimum absolute atomic E-state index is 0.293. The Labute approximate surface area is 126 Å². The molecule has 2 aromatic carbocycles. The number of para-hydroxylation sites is 1. The van der Waals surface area contributed by atoms with Gasteiger partial charge in [-0.05, 0) is 42.6 Å². The zero-order valence-corrected chi connectivity index (χ0v) is 13.2. The summed E-state index contributed by atoms with van der Waals surface area (Å²) in [5, 5.41) is 5.85. The van der Waals surface area contributed by atoms with Gasteiger partial charge in [0, 0.05) is 16.8 Å². The zero-order chi connectivity index (χ0) is 15.0. The fraction of sp³-hybridized carbons (Fsp3) is 0.368. The summed E-state index contributed by atoms with van der Waals surface area (Å²) in [4.78, 5) is 0. The Balaban J connectivity index is 2.09. The molecule has 3 aromatic rings. The van der Waals surface area contributed by atoms with Gasteiger partial charge in [0.1, 0.15) is 11.2 Å². The molecule has 0 fully saturated rings. The van der Waals surface area contributed by atoms with Crippen molar-refractivity contribution in [3.63, 3.8) is 0 Å². The van der Waals surface area contributed by atoms with Gasteiger partial charge in [-0.2, -0.15) is 0 Å². The molecule has 110 valence electrons. The van der Waals surface area contributed by atoms with Crippen LogP contribution in [0, 0.1) is 5.41 Å². The molecule has 0 aliphatic carbocycles. The van der Waals surface area contributed by atoms with Gasteiger partial charge in [-0.25, -0.2) is 0 Å². The highest BCUT2D eigenvalue weighted by molar-refractivity contribution is 6.05. The van der Waals surface area contributed by atoms with Crippen molar-refractivity contribution in [2.24, 2.45) is 5.41 Å². The smallest absolute Gasteiger partial charge is 0.135 e. The van der Waals surface area contributed by atoms with E-state index in [0.29, 0.717) is 11.5 Å². The third-order valence-electron chi connectivity index (χ3n) is 3.97. The number of hydrogen-bond donors (Lipinski definition) is 1. The lowest BCUT2D eigenvalue weighted by atomic mass is 9.85. The van der Waals surface area contributed by atoms with Crippen LogP contribution in [0.25, 0.3) is 21.9 Å². The van der Waals surface area contributed by atoms with Gasteiger partial charge in [-0.15, -0.1) is 0 Å². The van der Waals surface area contributed by atoms with Gasteiger partial charge in [0.25, 0.3) is 0 Å². The molecule has 0 aliphatic rings. The highest BCUT2D eigenvalue weighted by Crippen LogP contribution is 2.34. The van der Waals surface area contributed by atoms with Crippen molar-refractivity contribution >= 4 is 21.9 Å². The maximum Gasteiger partial charge on any atom is 0.135 e. The number of rotatable bonds is 3. The van der Waals surface area contributed by atoms with Crippen molar-refractivity contribution in [1.82, 2.24) is 5.32 Å². The van der Waals surface area contributed by atoms with Crippen molar-refractivity contribution in [2.75, 3.05) is 7.05 Å². The molecule has 1 atom stereocenters. The Bertz CT molecular complexity index is 764. The van der Waals surface area contributed by atoms with E-state index in [1.54, 1.807) is 0 Å². The second kappa shape index (κ2) is 5.19. The minimum atomic E-state index is 0.293. The molecule has 0 spiro atoms. The number of benzene rings is 2. The molecule has 0 aliphatic heterocycles. The van der Waals surface area contributed by atoms with Crippen molar-refractivity contribution in [1.29, 1.82) is 0 Å². The van der Waals surface area contributed by atoms with Crippen molar-refractivity contribution in [3.05, 3.63) is 48.0 Å². The summed E-state index contributed by atoms with van der Waals surface area (Å²) in [5.74, 6) is 0. The fourth-order valence-corrected chi connectivity index (χ4v) is 2.96. The SMILES string of the molecule is CNC(CC(C)(C)C)c1ccc2oc3ccccc3c2c1. The monoisotopic (exact) mass is 281 g/mol. The van der Waals surface area contributed by atoms with Crippen LogP contribution in [-0.4, -0.2) is 7.05 Å². The Kier molecular flexibility index (Phi) is 3.50. The number of nitrogens with one attached hydrogen (secondary N) is 1. The second-order valence-electron chi connectivity index (χ2n) is 6.96. The first-order valence-corrected chi connectivity index (χ1v) is 7.56. The summed E-state index contributed by atoms with van der Waals surface area (Å²) in [7, 11) is 2.04. The molecule has 1 heterocycles. The standard InChI is InChI=1S/C19H23NO/c1-19(2,3)12-16(20-4)13-9-10-18-15(11-13)14-7-5-6-8-17(14)21-18/h5-11,16,20H,12H2,1-4H3. The summed E-state index contributed by atoms with van der Waals surface area (Å²) < 4.78 is 5.90. The normalized spacial score (nSPS) is 13.9. The third kappa shape index (κ3) is 2.81. The second-order valence-corrected chi connectivity index (χ2v) is 6.96. The lowest BCUT2D eigenvalue weighted by Crippen LogP contribution is -2.22. The first-order valence-electron chi connectivity index (χ1n) is 7.56. The van der Waals surface area contributed by atoms with E-state index in [1.807, 2.05) is 19.2 Å². The molecule has 0 radical (unpaired) electrons. The summed E-state index contributed by atoms with van der Waals surface area (Å²) in [6.07, 6.45) is 1.10. The van der Waals surface area contributed by atoms with E-state index in [-0.39, 0.29) is 0 Å². The fourth-order valence-electron chi connectivity index (χ4n) is 2.96. The van der Waals surface area contributed by atoms with E-state index >= 15 is 0 Å². The summed E-state index contributed by atoms with van der Waals surface area (Å²) in [6.45, 7) is 6.84. The van der Waals surface area contributed by atoms with E-state index < -0.39 is 0 Å². The van der Waals surface area contributed by atoms with Crippen LogP contribution in [0.2, 0.25) is 0 Å². The van der Waals surface area contributed by atoms with E-state index in [0.717, 1.165) is 17.6 Å². The molecule has 1 unspecified atom stereocenters. The van der Waals surface area contributed by atoms with Gasteiger partial charge in [0.15, 0.2) is 0 Å². The van der Waals surface area contributed by atoms with Gasteiger partial charge in [0.05, 0.1) is 0 Å².